The summed E-state index contributed by atoms with van der Waals surface area (Å²) in [5, 5.41) is 19.3. The molecule has 0 radical (unpaired) electrons. The van der Waals surface area contributed by atoms with Gasteiger partial charge < -0.3 is 10.4 Å². The van der Waals surface area contributed by atoms with Crippen molar-refractivity contribution in [2.24, 2.45) is 7.05 Å². The van der Waals surface area contributed by atoms with Gasteiger partial charge in [0.1, 0.15) is 5.60 Å². The van der Waals surface area contributed by atoms with Crippen LogP contribution in [0.1, 0.15) is 31.2 Å². The fourth-order valence-corrected chi connectivity index (χ4v) is 2.87. The van der Waals surface area contributed by atoms with Crippen LogP contribution in [-0.4, -0.2) is 27.3 Å². The minimum Gasteiger partial charge on any atom is -0.383 e. The zero-order valence-electron chi connectivity index (χ0n) is 12.8. The molecular weight excluding hydrogens is 286 g/mol. The summed E-state index contributed by atoms with van der Waals surface area (Å²) in [5.41, 5.74) is -1.08. The van der Waals surface area contributed by atoms with E-state index >= 15 is 0 Å². The van der Waals surface area contributed by atoms with Crippen molar-refractivity contribution in [1.29, 1.82) is 0 Å². The van der Waals surface area contributed by atoms with Gasteiger partial charge in [-0.15, -0.1) is 11.3 Å². The average molecular weight is 307 g/mol. The lowest BCUT2D eigenvalue weighted by molar-refractivity contribution is -0.126. The zero-order valence-corrected chi connectivity index (χ0v) is 13.6. The fraction of sp³-hybridized carbons (Fsp3) is 0.467. The van der Waals surface area contributed by atoms with Gasteiger partial charge in [0.2, 0.25) is 5.91 Å². The molecule has 2 N–H and O–H groups in total. The standard InChI is InChI=1S/C15H21N3O2S/c1-14(2,12-6-5-7-21-12)13(19)16-10-15(3,20)11-8-17-18(4)9-11/h5-9,20H,10H2,1-4H3,(H,16,19)/t15-/m0/s1. The number of hydrogen-bond acceptors (Lipinski definition) is 4. The van der Waals surface area contributed by atoms with Crippen molar-refractivity contribution in [2.75, 3.05) is 6.54 Å². The number of aryl methyl sites for hydroxylation is 1. The number of thiophene rings is 1. The topological polar surface area (TPSA) is 67.2 Å². The van der Waals surface area contributed by atoms with E-state index in [1.165, 1.54) is 0 Å². The molecule has 0 saturated carbocycles. The van der Waals surface area contributed by atoms with E-state index in [1.54, 1.807) is 42.4 Å². The molecule has 1 atom stereocenters. The van der Waals surface area contributed by atoms with E-state index < -0.39 is 11.0 Å². The summed E-state index contributed by atoms with van der Waals surface area (Å²) in [6.07, 6.45) is 3.35. The molecule has 6 heteroatoms. The van der Waals surface area contributed by atoms with Crippen LogP contribution in [0.2, 0.25) is 0 Å². The van der Waals surface area contributed by atoms with Crippen LogP contribution in [0.25, 0.3) is 0 Å². The van der Waals surface area contributed by atoms with E-state index in [0.717, 1.165) is 4.88 Å². The predicted octanol–water partition coefficient (Wildman–Crippen LogP) is 1.78. The second-order valence-electron chi connectivity index (χ2n) is 5.96. The van der Waals surface area contributed by atoms with Crippen molar-refractivity contribution >= 4 is 17.2 Å². The lowest BCUT2D eigenvalue weighted by Crippen LogP contribution is -2.45. The number of amides is 1. The molecule has 0 aliphatic carbocycles. The van der Waals surface area contributed by atoms with E-state index in [1.807, 2.05) is 31.4 Å². The molecule has 2 aromatic heterocycles. The quantitative estimate of drug-likeness (QED) is 0.885. The molecule has 1 amide bonds. The molecule has 0 bridgehead atoms. The van der Waals surface area contributed by atoms with E-state index in [-0.39, 0.29) is 12.5 Å². The Morgan fingerprint density at radius 1 is 1.48 bits per heavy atom. The molecule has 0 fully saturated rings. The molecule has 0 aliphatic rings. The molecule has 2 rings (SSSR count). The number of rotatable bonds is 5. The highest BCUT2D eigenvalue weighted by atomic mass is 32.1. The normalized spacial score (nSPS) is 14.7. The second kappa shape index (κ2) is 5.61. The Hall–Kier alpha value is -1.66. The highest BCUT2D eigenvalue weighted by molar-refractivity contribution is 7.10. The van der Waals surface area contributed by atoms with E-state index in [4.69, 9.17) is 0 Å². The third-order valence-electron chi connectivity index (χ3n) is 3.62. The van der Waals surface area contributed by atoms with Gasteiger partial charge in [0.05, 0.1) is 18.2 Å². The largest absolute Gasteiger partial charge is 0.383 e. The van der Waals surface area contributed by atoms with Crippen LogP contribution in [0, 0.1) is 0 Å². The summed E-state index contributed by atoms with van der Waals surface area (Å²) in [6, 6.07) is 3.88. The summed E-state index contributed by atoms with van der Waals surface area (Å²) in [6.45, 7) is 5.58. The average Bonchev–Trinajstić information content (AvgIpc) is 3.06. The van der Waals surface area contributed by atoms with Crippen LogP contribution in [-0.2, 0) is 22.9 Å². The number of nitrogens with one attached hydrogen (secondary N) is 1. The van der Waals surface area contributed by atoms with Crippen LogP contribution in [0.15, 0.2) is 29.9 Å². The number of aromatic nitrogens is 2. The van der Waals surface area contributed by atoms with Crippen LogP contribution in [0.4, 0.5) is 0 Å². The van der Waals surface area contributed by atoms with Gasteiger partial charge in [-0.2, -0.15) is 5.10 Å². The van der Waals surface area contributed by atoms with Gasteiger partial charge >= 0.3 is 0 Å². The van der Waals surface area contributed by atoms with Gasteiger partial charge in [-0.25, -0.2) is 0 Å². The number of aliphatic hydroxyl groups is 1. The number of hydrogen-bond donors (Lipinski definition) is 2. The Morgan fingerprint density at radius 3 is 2.71 bits per heavy atom. The third-order valence-corrected chi connectivity index (χ3v) is 4.82. The minimum atomic E-state index is -1.14. The summed E-state index contributed by atoms with van der Waals surface area (Å²) in [5.74, 6) is -0.103. The summed E-state index contributed by atoms with van der Waals surface area (Å²) in [7, 11) is 1.79. The Bertz CT molecular complexity index is 615. The monoisotopic (exact) mass is 307 g/mol. The van der Waals surface area contributed by atoms with Gasteiger partial charge in [0.15, 0.2) is 0 Å². The van der Waals surface area contributed by atoms with Gasteiger partial charge in [-0.3, -0.25) is 9.48 Å². The van der Waals surface area contributed by atoms with Crippen molar-refractivity contribution in [3.05, 3.63) is 40.3 Å². The summed E-state index contributed by atoms with van der Waals surface area (Å²) in [4.78, 5) is 13.4. The van der Waals surface area contributed by atoms with Crippen molar-refractivity contribution in [2.45, 2.75) is 31.8 Å². The zero-order chi connectivity index (χ0) is 15.7. The highest BCUT2D eigenvalue weighted by Gasteiger charge is 2.33. The van der Waals surface area contributed by atoms with Crippen molar-refractivity contribution in [3.63, 3.8) is 0 Å². The maximum absolute atomic E-state index is 12.4. The second-order valence-corrected chi connectivity index (χ2v) is 6.91. The maximum atomic E-state index is 12.4. The number of nitrogens with zero attached hydrogens (tertiary/aromatic N) is 2. The Kier molecular flexibility index (Phi) is 4.20. The molecule has 0 aliphatic heterocycles. The molecule has 0 aromatic carbocycles. The van der Waals surface area contributed by atoms with Gasteiger partial charge in [0.25, 0.3) is 0 Å². The number of carbonyl (C=O) groups excluding carboxylic acids is 1. The van der Waals surface area contributed by atoms with Crippen molar-refractivity contribution in [1.82, 2.24) is 15.1 Å². The molecule has 2 heterocycles. The summed E-state index contributed by atoms with van der Waals surface area (Å²) >= 11 is 1.55. The van der Waals surface area contributed by atoms with Crippen LogP contribution < -0.4 is 5.32 Å². The van der Waals surface area contributed by atoms with Gasteiger partial charge in [-0.05, 0) is 32.2 Å². The van der Waals surface area contributed by atoms with Crippen LogP contribution in [0.5, 0.6) is 0 Å². The smallest absolute Gasteiger partial charge is 0.231 e. The molecule has 5 nitrogen and oxygen atoms in total. The van der Waals surface area contributed by atoms with Crippen LogP contribution in [0.3, 0.4) is 0 Å². The predicted molar refractivity (Wildman–Crippen MR) is 83.1 cm³/mol. The van der Waals surface area contributed by atoms with Gasteiger partial charge in [-0.1, -0.05) is 6.07 Å². The Morgan fingerprint density at radius 2 is 2.19 bits per heavy atom. The Labute approximate surface area is 128 Å². The van der Waals surface area contributed by atoms with E-state index in [2.05, 4.69) is 10.4 Å². The number of carbonyl (C=O) groups is 1. The van der Waals surface area contributed by atoms with E-state index in [9.17, 15) is 9.90 Å². The highest BCUT2D eigenvalue weighted by Crippen LogP contribution is 2.28. The molecular formula is C15H21N3O2S. The molecule has 2 aromatic rings. The lowest BCUT2D eigenvalue weighted by atomic mass is 9.89. The van der Waals surface area contributed by atoms with Crippen LogP contribution >= 0.6 is 11.3 Å². The lowest BCUT2D eigenvalue weighted by Gasteiger charge is -2.27. The van der Waals surface area contributed by atoms with Crippen molar-refractivity contribution < 1.29 is 9.90 Å². The van der Waals surface area contributed by atoms with Crippen molar-refractivity contribution in [3.8, 4) is 0 Å². The molecule has 0 unspecified atom stereocenters. The summed E-state index contributed by atoms with van der Waals surface area (Å²) < 4.78 is 1.63. The maximum Gasteiger partial charge on any atom is 0.231 e. The third kappa shape index (κ3) is 3.33. The first-order valence-corrected chi connectivity index (χ1v) is 7.65. The first kappa shape index (κ1) is 15.7. The minimum absolute atomic E-state index is 0.103. The molecule has 0 spiro atoms. The van der Waals surface area contributed by atoms with E-state index in [0.29, 0.717) is 5.56 Å². The first-order valence-electron chi connectivity index (χ1n) is 6.77. The molecule has 0 saturated heterocycles. The SMILES string of the molecule is Cn1cc([C@@](C)(O)CNC(=O)C(C)(C)c2cccs2)cn1. The Balaban J connectivity index is 2.04. The molecule has 114 valence electrons. The molecule has 21 heavy (non-hydrogen) atoms. The fourth-order valence-electron chi connectivity index (χ4n) is 2.02. The van der Waals surface area contributed by atoms with Gasteiger partial charge in [0, 0.05) is 23.7 Å². The first-order chi connectivity index (χ1) is 9.73.